The number of primary amides is 1. The molecule has 0 bridgehead atoms. The maximum Gasteiger partial charge on any atom is 0.326 e. The van der Waals surface area contributed by atoms with Gasteiger partial charge < -0.3 is 42.5 Å². The number of aromatic nitrogens is 3. The number of rotatable bonds is 14. The van der Waals surface area contributed by atoms with Crippen molar-refractivity contribution in [3.63, 3.8) is 0 Å². The van der Waals surface area contributed by atoms with Gasteiger partial charge in [0.2, 0.25) is 23.6 Å². The molecule has 4 amide bonds. The number of carbonyl (C=O) groups is 5. The van der Waals surface area contributed by atoms with Gasteiger partial charge in [0, 0.05) is 41.8 Å². The molecule has 0 aliphatic rings. The number of hydrogen-bond donors (Lipinski definition) is 8. The summed E-state index contributed by atoms with van der Waals surface area (Å²) in [4.78, 5) is 72.5. The Morgan fingerprint density at radius 3 is 2.20 bits per heavy atom. The minimum absolute atomic E-state index is 0.0245. The minimum Gasteiger partial charge on any atom is -0.480 e. The molecule has 0 saturated heterocycles. The van der Waals surface area contributed by atoms with E-state index in [4.69, 9.17) is 11.5 Å². The Kier molecular flexibility index (Phi) is 9.97. The first-order valence-electron chi connectivity index (χ1n) is 12.7. The molecule has 214 valence electrons. The number of carbonyl (C=O) groups excluding carboxylic acids is 4. The fourth-order valence-electron chi connectivity index (χ4n) is 4.07. The number of hydrogen-bond acceptors (Lipinski definition) is 7. The van der Waals surface area contributed by atoms with Gasteiger partial charge in [-0.3, -0.25) is 19.2 Å². The summed E-state index contributed by atoms with van der Waals surface area (Å²) >= 11 is 0. The van der Waals surface area contributed by atoms with Crippen molar-refractivity contribution >= 4 is 40.5 Å². The van der Waals surface area contributed by atoms with Crippen molar-refractivity contribution in [2.24, 2.45) is 17.4 Å². The van der Waals surface area contributed by atoms with Crippen LogP contribution < -0.4 is 27.4 Å². The van der Waals surface area contributed by atoms with E-state index in [9.17, 15) is 29.1 Å². The highest BCUT2D eigenvalue weighted by atomic mass is 16.4. The average molecular weight is 555 g/mol. The Balaban J connectivity index is 1.80. The molecular formula is C26H34N8O6. The average Bonchev–Trinajstić information content (AvgIpc) is 3.56. The zero-order chi connectivity index (χ0) is 29.4. The summed E-state index contributed by atoms with van der Waals surface area (Å²) in [7, 11) is 0. The van der Waals surface area contributed by atoms with Crippen LogP contribution in [0.15, 0.2) is 43.0 Å². The van der Waals surface area contributed by atoms with Crippen LogP contribution in [0.4, 0.5) is 0 Å². The van der Waals surface area contributed by atoms with E-state index in [1.54, 1.807) is 20.0 Å². The van der Waals surface area contributed by atoms with Crippen molar-refractivity contribution in [2.45, 2.75) is 57.3 Å². The monoisotopic (exact) mass is 554 g/mol. The van der Waals surface area contributed by atoms with Gasteiger partial charge in [-0.25, -0.2) is 9.78 Å². The van der Waals surface area contributed by atoms with Crippen molar-refractivity contribution in [1.29, 1.82) is 0 Å². The molecule has 0 spiro atoms. The molecule has 10 N–H and O–H groups in total. The molecule has 3 aromatic rings. The Bertz CT molecular complexity index is 1350. The summed E-state index contributed by atoms with van der Waals surface area (Å²) in [6.45, 7) is 3.43. The molecule has 0 saturated carbocycles. The van der Waals surface area contributed by atoms with Crippen LogP contribution in [0.25, 0.3) is 10.9 Å². The second-order valence-corrected chi connectivity index (χ2v) is 9.81. The number of carboxylic acid groups (broad SMARTS) is 1. The first kappa shape index (κ1) is 29.8. The molecule has 4 unspecified atom stereocenters. The molecule has 40 heavy (non-hydrogen) atoms. The first-order chi connectivity index (χ1) is 19.0. The van der Waals surface area contributed by atoms with E-state index in [1.807, 2.05) is 24.3 Å². The number of H-pyrrole nitrogens is 2. The third-order valence-electron chi connectivity index (χ3n) is 6.38. The lowest BCUT2D eigenvalue weighted by molar-refractivity contribution is -0.142. The fraction of sp³-hybridized carbons (Fsp3) is 0.385. The van der Waals surface area contributed by atoms with Crippen molar-refractivity contribution < 1.29 is 29.1 Å². The summed E-state index contributed by atoms with van der Waals surface area (Å²) in [5.41, 5.74) is 13.1. The van der Waals surface area contributed by atoms with Crippen LogP contribution in [0.5, 0.6) is 0 Å². The predicted octanol–water partition coefficient (Wildman–Crippen LogP) is -0.926. The normalized spacial score (nSPS) is 14.2. The molecule has 0 aliphatic carbocycles. The molecule has 2 heterocycles. The summed E-state index contributed by atoms with van der Waals surface area (Å²) in [5.74, 6) is -4.72. The summed E-state index contributed by atoms with van der Waals surface area (Å²) < 4.78 is 0. The van der Waals surface area contributed by atoms with Crippen molar-refractivity contribution in [1.82, 2.24) is 30.9 Å². The molecule has 0 fully saturated rings. The quantitative estimate of drug-likeness (QED) is 0.124. The lowest BCUT2D eigenvalue weighted by Crippen LogP contribution is -2.58. The number of fused-ring (bicyclic) bond motifs is 1. The number of para-hydroxylation sites is 1. The van der Waals surface area contributed by atoms with E-state index in [-0.39, 0.29) is 18.8 Å². The van der Waals surface area contributed by atoms with Crippen LogP contribution in [0.1, 0.15) is 31.5 Å². The maximum atomic E-state index is 13.3. The SMILES string of the molecule is CC(C)C(N)C(=O)NC(CC(N)=O)C(=O)NC(Cc1cnc[nH]1)C(=O)NC(Cc1c[nH]c2ccccc12)C(=O)O. The molecule has 3 rings (SSSR count). The largest absolute Gasteiger partial charge is 0.480 e. The highest BCUT2D eigenvalue weighted by Crippen LogP contribution is 2.19. The van der Waals surface area contributed by atoms with Gasteiger partial charge in [0.25, 0.3) is 0 Å². The number of nitrogens with zero attached hydrogens (tertiary/aromatic N) is 1. The van der Waals surface area contributed by atoms with Gasteiger partial charge in [-0.05, 0) is 17.5 Å². The standard InChI is InChI=1S/C26H34N8O6/c1-13(2)22(28)25(38)33-19(9-21(27)35)24(37)32-18(8-15-11-29-12-31-15)23(36)34-20(26(39)40)7-14-10-30-17-6-4-3-5-16(14)17/h3-6,10-13,18-20,22,30H,7-9,28H2,1-2H3,(H2,27,35)(H,29,31)(H,32,37)(H,33,38)(H,34,36)(H,39,40). The van der Waals surface area contributed by atoms with E-state index >= 15 is 0 Å². The van der Waals surface area contributed by atoms with Gasteiger partial charge >= 0.3 is 5.97 Å². The fourth-order valence-corrected chi connectivity index (χ4v) is 4.07. The van der Waals surface area contributed by atoms with Gasteiger partial charge in [-0.2, -0.15) is 0 Å². The van der Waals surface area contributed by atoms with Crippen LogP contribution in [0.3, 0.4) is 0 Å². The lowest BCUT2D eigenvalue weighted by Gasteiger charge is -2.25. The molecule has 14 heteroatoms. The van der Waals surface area contributed by atoms with Crippen LogP contribution >= 0.6 is 0 Å². The van der Waals surface area contributed by atoms with Crippen LogP contribution in [0, 0.1) is 5.92 Å². The minimum atomic E-state index is -1.41. The highest BCUT2D eigenvalue weighted by Gasteiger charge is 2.32. The molecule has 4 atom stereocenters. The zero-order valence-corrected chi connectivity index (χ0v) is 22.1. The highest BCUT2D eigenvalue weighted by molar-refractivity contribution is 5.96. The molecule has 2 aromatic heterocycles. The number of aliphatic carboxylic acids is 1. The third-order valence-corrected chi connectivity index (χ3v) is 6.38. The molecule has 14 nitrogen and oxygen atoms in total. The van der Waals surface area contributed by atoms with E-state index in [2.05, 4.69) is 30.9 Å². The first-order valence-corrected chi connectivity index (χ1v) is 12.7. The number of aromatic amines is 2. The summed E-state index contributed by atoms with van der Waals surface area (Å²) in [6.07, 6.45) is 3.85. The second-order valence-electron chi connectivity index (χ2n) is 9.81. The van der Waals surface area contributed by atoms with Crippen LogP contribution in [-0.4, -0.2) is 73.8 Å². The molecular weight excluding hydrogens is 520 g/mol. The van der Waals surface area contributed by atoms with E-state index in [0.717, 1.165) is 10.9 Å². The van der Waals surface area contributed by atoms with E-state index < -0.39 is 60.2 Å². The Morgan fingerprint density at radius 2 is 1.57 bits per heavy atom. The number of carboxylic acids is 1. The van der Waals surface area contributed by atoms with Crippen molar-refractivity contribution in [2.75, 3.05) is 0 Å². The number of nitrogens with one attached hydrogen (secondary N) is 5. The third kappa shape index (κ3) is 7.89. The number of benzene rings is 1. The van der Waals surface area contributed by atoms with Gasteiger partial charge in [-0.15, -0.1) is 0 Å². The summed E-state index contributed by atoms with van der Waals surface area (Å²) in [6, 6.07) is 2.37. The topological polar surface area (TPSA) is 238 Å². The second kappa shape index (κ2) is 13.4. The number of imidazole rings is 1. The van der Waals surface area contributed by atoms with E-state index in [0.29, 0.717) is 11.3 Å². The van der Waals surface area contributed by atoms with Gasteiger partial charge in [0.05, 0.1) is 18.8 Å². The van der Waals surface area contributed by atoms with Gasteiger partial charge in [0.15, 0.2) is 0 Å². The maximum absolute atomic E-state index is 13.3. The zero-order valence-electron chi connectivity index (χ0n) is 22.1. The molecule has 0 radical (unpaired) electrons. The Hall–Kier alpha value is -4.72. The van der Waals surface area contributed by atoms with Gasteiger partial charge in [-0.1, -0.05) is 32.0 Å². The molecule has 1 aromatic carbocycles. The molecule has 0 aliphatic heterocycles. The Morgan fingerprint density at radius 1 is 0.925 bits per heavy atom. The summed E-state index contributed by atoms with van der Waals surface area (Å²) in [5, 5.41) is 18.1. The van der Waals surface area contributed by atoms with Crippen LogP contribution in [-0.2, 0) is 36.8 Å². The number of amides is 4. The predicted molar refractivity (Wildman–Crippen MR) is 144 cm³/mol. The van der Waals surface area contributed by atoms with E-state index in [1.165, 1.54) is 12.5 Å². The van der Waals surface area contributed by atoms with Crippen molar-refractivity contribution in [3.05, 3.63) is 54.2 Å². The van der Waals surface area contributed by atoms with Crippen LogP contribution in [0.2, 0.25) is 0 Å². The lowest BCUT2D eigenvalue weighted by atomic mass is 10.0. The Labute approximate surface area is 229 Å². The number of nitrogens with two attached hydrogens (primary N) is 2. The smallest absolute Gasteiger partial charge is 0.326 e. The van der Waals surface area contributed by atoms with Crippen molar-refractivity contribution in [3.8, 4) is 0 Å². The van der Waals surface area contributed by atoms with Gasteiger partial charge in [0.1, 0.15) is 18.1 Å².